The van der Waals surface area contributed by atoms with Crippen LogP contribution in [-0.4, -0.2) is 58.7 Å². The van der Waals surface area contributed by atoms with E-state index in [9.17, 15) is 14.7 Å². The van der Waals surface area contributed by atoms with Gasteiger partial charge in [-0.25, -0.2) is 9.59 Å². The monoisotopic (exact) mass is 556 g/mol. The maximum atomic E-state index is 12.7. The normalized spacial score (nSPS) is 16.8. The lowest BCUT2D eigenvalue weighted by atomic mass is 9.96. The number of nitrogens with zero attached hydrogens (tertiary/aromatic N) is 2. The van der Waals surface area contributed by atoms with Crippen LogP contribution in [0.2, 0.25) is 10.0 Å². The van der Waals surface area contributed by atoms with Crippen LogP contribution in [0.5, 0.6) is 11.5 Å². The summed E-state index contributed by atoms with van der Waals surface area (Å²) in [4.78, 5) is 28.2. The average molecular weight is 557 g/mol. The smallest absolute Gasteiger partial charge is 0.348 e. The Bertz CT molecular complexity index is 1270. The summed E-state index contributed by atoms with van der Waals surface area (Å²) in [5.74, 6) is 0.141. The lowest BCUT2D eigenvalue weighted by Gasteiger charge is -2.26. The molecule has 0 bridgehead atoms. The van der Waals surface area contributed by atoms with Gasteiger partial charge in [-0.15, -0.1) is 0 Å². The largest absolute Gasteiger partial charge is 0.494 e. The number of halogens is 2. The van der Waals surface area contributed by atoms with E-state index in [-0.39, 0.29) is 18.5 Å². The number of benzene rings is 3. The molecule has 2 atom stereocenters. The number of para-hydroxylation sites is 1. The summed E-state index contributed by atoms with van der Waals surface area (Å²) in [5.41, 5.74) is 0.329. The van der Waals surface area contributed by atoms with Gasteiger partial charge < -0.3 is 24.4 Å². The van der Waals surface area contributed by atoms with Crippen LogP contribution in [0.3, 0.4) is 0 Å². The van der Waals surface area contributed by atoms with E-state index in [1.807, 2.05) is 36.4 Å². The van der Waals surface area contributed by atoms with Gasteiger partial charge in [0.1, 0.15) is 11.5 Å². The van der Waals surface area contributed by atoms with Gasteiger partial charge in [0.15, 0.2) is 0 Å². The first-order valence-electron chi connectivity index (χ1n) is 12.3. The third-order valence-corrected chi connectivity index (χ3v) is 7.37. The van der Waals surface area contributed by atoms with Gasteiger partial charge in [0.25, 0.3) is 0 Å². The van der Waals surface area contributed by atoms with E-state index in [1.165, 1.54) is 0 Å². The van der Waals surface area contributed by atoms with E-state index in [2.05, 4.69) is 0 Å². The molecule has 0 aliphatic carbocycles. The van der Waals surface area contributed by atoms with Gasteiger partial charge >= 0.3 is 12.0 Å². The van der Waals surface area contributed by atoms with Crippen molar-refractivity contribution in [3.63, 3.8) is 0 Å². The molecule has 3 aromatic carbocycles. The minimum absolute atomic E-state index is 0.0240. The number of carbonyl (C=O) groups is 2. The molecule has 7 nitrogen and oxygen atoms in total. The number of carboxylic acids is 1. The summed E-state index contributed by atoms with van der Waals surface area (Å²) in [6.45, 7) is 3.05. The first kappa shape index (κ1) is 27.6. The summed E-state index contributed by atoms with van der Waals surface area (Å²) in [6.07, 6.45) is 0.866. The Morgan fingerprint density at radius 3 is 2.34 bits per heavy atom. The van der Waals surface area contributed by atoms with E-state index < -0.39 is 11.6 Å². The van der Waals surface area contributed by atoms with E-state index in [1.54, 1.807) is 60.2 Å². The molecule has 200 valence electrons. The lowest BCUT2D eigenvalue weighted by molar-refractivity contribution is -0.153. The number of urea groups is 1. The van der Waals surface area contributed by atoms with E-state index >= 15 is 0 Å². The van der Waals surface area contributed by atoms with Crippen molar-refractivity contribution < 1.29 is 24.2 Å². The van der Waals surface area contributed by atoms with Crippen molar-refractivity contribution in [3.8, 4) is 11.5 Å². The predicted octanol–water partition coefficient (Wildman–Crippen LogP) is 6.16. The van der Waals surface area contributed by atoms with Crippen molar-refractivity contribution in [3.05, 3.63) is 94.0 Å². The Kier molecular flexibility index (Phi) is 8.69. The quantitative estimate of drug-likeness (QED) is 0.306. The van der Waals surface area contributed by atoms with Crippen molar-refractivity contribution >= 4 is 35.2 Å². The Labute approximate surface area is 232 Å². The molecule has 1 aliphatic rings. The van der Waals surface area contributed by atoms with Crippen molar-refractivity contribution in [1.29, 1.82) is 0 Å². The number of hydrogen-bond acceptors (Lipinski definition) is 4. The van der Waals surface area contributed by atoms with Crippen molar-refractivity contribution in [2.24, 2.45) is 0 Å². The Morgan fingerprint density at radius 1 is 1.00 bits per heavy atom. The summed E-state index contributed by atoms with van der Waals surface area (Å²) in [7, 11) is 1.80. The molecular weight excluding hydrogens is 527 g/mol. The maximum absolute atomic E-state index is 12.7. The van der Waals surface area contributed by atoms with E-state index in [0.717, 1.165) is 11.1 Å². The Balaban J connectivity index is 1.28. The van der Waals surface area contributed by atoms with Gasteiger partial charge in [-0.2, -0.15) is 0 Å². The van der Waals surface area contributed by atoms with Crippen LogP contribution < -0.4 is 9.47 Å². The van der Waals surface area contributed by atoms with Gasteiger partial charge in [-0.1, -0.05) is 59.6 Å². The minimum Gasteiger partial charge on any atom is -0.494 e. The number of hydrogen-bond donors (Lipinski definition) is 1. The number of carboxylic acid groups (broad SMARTS) is 1. The molecule has 3 aromatic rings. The molecule has 0 spiro atoms. The van der Waals surface area contributed by atoms with Crippen LogP contribution in [-0.2, 0) is 17.8 Å². The van der Waals surface area contributed by atoms with Gasteiger partial charge in [-0.3, -0.25) is 0 Å². The first-order chi connectivity index (χ1) is 18.1. The van der Waals surface area contributed by atoms with Crippen LogP contribution in [0.4, 0.5) is 4.79 Å². The Hall–Kier alpha value is -3.42. The molecule has 4 rings (SSSR count). The average Bonchev–Trinajstić information content (AvgIpc) is 3.15. The maximum Gasteiger partial charge on any atom is 0.348 e. The van der Waals surface area contributed by atoms with E-state index in [0.29, 0.717) is 47.7 Å². The predicted molar refractivity (Wildman–Crippen MR) is 147 cm³/mol. The summed E-state index contributed by atoms with van der Waals surface area (Å²) in [6, 6.07) is 21.6. The van der Waals surface area contributed by atoms with Crippen LogP contribution in [0.1, 0.15) is 24.5 Å². The van der Waals surface area contributed by atoms with Crippen LogP contribution in [0.15, 0.2) is 72.8 Å². The molecule has 1 N–H and O–H groups in total. The molecule has 1 aliphatic heterocycles. The highest BCUT2D eigenvalue weighted by Crippen LogP contribution is 2.26. The standard InChI is InChI=1S/C29H30Cl2N2O5/c1-29(27(34)35,38-24-6-4-3-5-7-24)17-20-8-11-23(12-9-20)37-15-14-22-19-33(28(36)32(22)2)18-21-10-13-25(30)26(31)16-21/h3-13,16,22H,14-15,17-19H2,1-2H3,(H,34,35)/t22-,29-/m0/s1. The molecule has 1 heterocycles. The summed E-state index contributed by atoms with van der Waals surface area (Å²) in [5, 5.41) is 10.8. The summed E-state index contributed by atoms with van der Waals surface area (Å²) < 4.78 is 11.7. The summed E-state index contributed by atoms with van der Waals surface area (Å²) >= 11 is 12.1. The third kappa shape index (κ3) is 6.71. The van der Waals surface area contributed by atoms with Crippen LogP contribution >= 0.6 is 23.2 Å². The number of rotatable bonds is 11. The zero-order chi connectivity index (χ0) is 27.3. The number of carbonyl (C=O) groups excluding carboxylic acids is 1. The number of ether oxygens (including phenoxy) is 2. The zero-order valence-electron chi connectivity index (χ0n) is 21.3. The first-order valence-corrected chi connectivity index (χ1v) is 13.0. The minimum atomic E-state index is -1.41. The van der Waals surface area contributed by atoms with Crippen LogP contribution in [0, 0.1) is 0 Å². The molecule has 0 unspecified atom stereocenters. The second kappa shape index (κ2) is 12.0. The molecule has 2 amide bonds. The molecule has 9 heteroatoms. The SMILES string of the molecule is CN1C(=O)N(Cc2ccc(Cl)c(Cl)c2)C[C@@H]1CCOc1ccc(C[C@](C)(Oc2ccccc2)C(=O)O)cc1. The number of likely N-dealkylation sites (N-methyl/N-ethyl adjacent to an activating group) is 1. The fraction of sp³-hybridized carbons (Fsp3) is 0.310. The molecule has 1 fully saturated rings. The second-order valence-electron chi connectivity index (χ2n) is 9.59. The highest BCUT2D eigenvalue weighted by atomic mass is 35.5. The Morgan fingerprint density at radius 2 is 1.68 bits per heavy atom. The van der Waals surface area contributed by atoms with Gasteiger partial charge in [-0.05, 0) is 54.4 Å². The molecule has 38 heavy (non-hydrogen) atoms. The van der Waals surface area contributed by atoms with Gasteiger partial charge in [0.2, 0.25) is 5.60 Å². The van der Waals surface area contributed by atoms with E-state index in [4.69, 9.17) is 32.7 Å². The molecule has 0 saturated carbocycles. The molecule has 0 radical (unpaired) electrons. The fourth-order valence-electron chi connectivity index (χ4n) is 4.42. The highest BCUT2D eigenvalue weighted by Gasteiger charge is 2.36. The second-order valence-corrected chi connectivity index (χ2v) is 10.4. The van der Waals surface area contributed by atoms with Crippen molar-refractivity contribution in [2.45, 2.75) is 38.0 Å². The highest BCUT2D eigenvalue weighted by molar-refractivity contribution is 6.42. The zero-order valence-corrected chi connectivity index (χ0v) is 22.8. The molecule has 0 aromatic heterocycles. The topological polar surface area (TPSA) is 79.3 Å². The van der Waals surface area contributed by atoms with Crippen LogP contribution in [0.25, 0.3) is 0 Å². The van der Waals surface area contributed by atoms with Crippen molar-refractivity contribution in [1.82, 2.24) is 9.80 Å². The molecule has 1 saturated heterocycles. The lowest BCUT2D eigenvalue weighted by Crippen LogP contribution is -2.43. The van der Waals surface area contributed by atoms with Crippen molar-refractivity contribution in [2.75, 3.05) is 20.2 Å². The fourth-order valence-corrected chi connectivity index (χ4v) is 4.74. The number of aliphatic carboxylic acids is 1. The third-order valence-electron chi connectivity index (χ3n) is 6.63. The number of amides is 2. The van der Waals surface area contributed by atoms with Gasteiger partial charge in [0.05, 0.1) is 22.7 Å². The molecular formula is C29H30Cl2N2O5. The van der Waals surface area contributed by atoms with Gasteiger partial charge in [0, 0.05) is 33.0 Å².